The molecule has 0 unspecified atom stereocenters. The van der Waals surface area contributed by atoms with E-state index in [2.05, 4.69) is 5.32 Å². The number of nitrogens with one attached hydrogen (secondary N) is 1. The number of benzene rings is 3. The number of amides is 1. The van der Waals surface area contributed by atoms with Crippen molar-refractivity contribution in [2.24, 2.45) is 0 Å². The van der Waals surface area contributed by atoms with E-state index in [0.29, 0.717) is 51.5 Å². The first kappa shape index (κ1) is 22.6. The molecule has 0 spiro atoms. The normalized spacial score (nSPS) is 11.7. The molecule has 0 bridgehead atoms. The van der Waals surface area contributed by atoms with E-state index >= 15 is 0 Å². The quantitative estimate of drug-likeness (QED) is 0.374. The second-order valence-electron chi connectivity index (χ2n) is 7.94. The number of aromatic nitrogens is 2. The van der Waals surface area contributed by atoms with Gasteiger partial charge in [-0.15, -0.1) is 0 Å². The minimum absolute atomic E-state index is 0.156. The van der Waals surface area contributed by atoms with E-state index in [4.69, 9.17) is 25.8 Å². The zero-order valence-corrected chi connectivity index (χ0v) is 19.8. The molecule has 1 aromatic heterocycles. The highest BCUT2D eigenvalue weighted by atomic mass is 35.5. The monoisotopic (exact) mass is 491 g/mol. The van der Waals surface area contributed by atoms with E-state index in [9.17, 15) is 9.59 Å². The molecule has 35 heavy (non-hydrogen) atoms. The zero-order valence-electron chi connectivity index (χ0n) is 19.1. The zero-order chi connectivity index (χ0) is 24.5. The fraction of sp³-hybridized carbons (Fsp3) is 0.154. The number of carbonyl (C=O) groups excluding carboxylic acids is 1. The molecule has 1 amide bonds. The maximum Gasteiger partial charge on any atom is 0.278 e. The lowest BCUT2D eigenvalue weighted by molar-refractivity contribution is -0.117. The standard InChI is InChI=1S/C26H22ClN3O5/c1-33-22-11-9-18(14-23(22)34-2)28-24(31)15-29-26-20(13-16-12-17(27)8-10-21(16)35-26)25(32)30(29)19-6-4-3-5-7-19/h3-12,14H,13,15H2,1-2H3,(H,28,31). The minimum atomic E-state index is -0.342. The number of fused-ring (bicyclic) bond motifs is 2. The lowest BCUT2D eigenvalue weighted by atomic mass is 10.0. The maximum atomic E-state index is 13.5. The average molecular weight is 492 g/mol. The number of hydrogen-bond donors (Lipinski definition) is 1. The third-order valence-electron chi connectivity index (χ3n) is 5.74. The van der Waals surface area contributed by atoms with Crippen LogP contribution in [0.1, 0.15) is 11.1 Å². The molecule has 2 heterocycles. The van der Waals surface area contributed by atoms with Crippen molar-refractivity contribution in [3.05, 3.63) is 93.2 Å². The van der Waals surface area contributed by atoms with E-state index in [0.717, 1.165) is 5.56 Å². The predicted molar refractivity (Wildman–Crippen MR) is 133 cm³/mol. The van der Waals surface area contributed by atoms with E-state index in [-0.39, 0.29) is 18.0 Å². The highest BCUT2D eigenvalue weighted by Gasteiger charge is 2.29. The first-order chi connectivity index (χ1) is 17.0. The van der Waals surface area contributed by atoms with Crippen molar-refractivity contribution in [2.75, 3.05) is 19.5 Å². The van der Waals surface area contributed by atoms with Gasteiger partial charge in [-0.2, -0.15) is 0 Å². The fourth-order valence-electron chi connectivity index (χ4n) is 4.14. The number of anilines is 1. The molecule has 0 atom stereocenters. The molecule has 0 saturated carbocycles. The van der Waals surface area contributed by atoms with Gasteiger partial charge in [-0.3, -0.25) is 9.59 Å². The van der Waals surface area contributed by atoms with Crippen LogP contribution in [-0.4, -0.2) is 29.5 Å². The van der Waals surface area contributed by atoms with Crippen LogP contribution in [-0.2, 0) is 17.8 Å². The summed E-state index contributed by atoms with van der Waals surface area (Å²) in [4.78, 5) is 26.6. The van der Waals surface area contributed by atoms with Gasteiger partial charge in [0.1, 0.15) is 12.3 Å². The van der Waals surface area contributed by atoms with Crippen LogP contribution >= 0.6 is 11.6 Å². The molecule has 4 aromatic rings. The molecule has 1 N–H and O–H groups in total. The van der Waals surface area contributed by atoms with Crippen molar-refractivity contribution < 1.29 is 19.0 Å². The molecule has 3 aromatic carbocycles. The van der Waals surface area contributed by atoms with E-state index in [1.54, 1.807) is 60.3 Å². The Morgan fingerprint density at radius 3 is 2.54 bits per heavy atom. The molecule has 5 rings (SSSR count). The van der Waals surface area contributed by atoms with Gasteiger partial charge in [0.25, 0.3) is 5.56 Å². The number of nitrogens with zero attached hydrogens (tertiary/aromatic N) is 2. The second-order valence-corrected chi connectivity index (χ2v) is 8.38. The van der Waals surface area contributed by atoms with Gasteiger partial charge in [-0.05, 0) is 42.5 Å². The van der Waals surface area contributed by atoms with Gasteiger partial charge < -0.3 is 19.5 Å². The molecular formula is C26H22ClN3O5. The number of carbonyl (C=O) groups is 1. The first-order valence-electron chi connectivity index (χ1n) is 10.9. The van der Waals surface area contributed by atoms with Gasteiger partial charge in [0.05, 0.1) is 25.5 Å². The average Bonchev–Trinajstić information content (AvgIpc) is 3.13. The first-order valence-corrected chi connectivity index (χ1v) is 11.2. The van der Waals surface area contributed by atoms with Crippen molar-refractivity contribution in [3.63, 3.8) is 0 Å². The molecular weight excluding hydrogens is 470 g/mol. The predicted octanol–water partition coefficient (Wildman–Crippen LogP) is 4.64. The van der Waals surface area contributed by atoms with Crippen molar-refractivity contribution in [1.82, 2.24) is 9.36 Å². The summed E-state index contributed by atoms with van der Waals surface area (Å²) in [6, 6.07) is 19.5. The van der Waals surface area contributed by atoms with Crippen LogP contribution in [0.2, 0.25) is 5.02 Å². The topological polar surface area (TPSA) is 83.7 Å². The second kappa shape index (κ2) is 9.23. The Morgan fingerprint density at radius 2 is 1.80 bits per heavy atom. The molecule has 1 aliphatic heterocycles. The van der Waals surface area contributed by atoms with Crippen LogP contribution in [0.4, 0.5) is 5.69 Å². The molecule has 9 heteroatoms. The fourth-order valence-corrected chi connectivity index (χ4v) is 4.33. The third kappa shape index (κ3) is 4.24. The van der Waals surface area contributed by atoms with Crippen molar-refractivity contribution in [1.29, 1.82) is 0 Å². The molecule has 0 saturated heterocycles. The third-order valence-corrected chi connectivity index (χ3v) is 5.98. The number of para-hydroxylation sites is 1. The van der Waals surface area contributed by atoms with Crippen molar-refractivity contribution in [2.45, 2.75) is 13.0 Å². The van der Waals surface area contributed by atoms with Crippen molar-refractivity contribution in [3.8, 4) is 28.8 Å². The van der Waals surface area contributed by atoms with Gasteiger partial charge in [0, 0.05) is 28.8 Å². The number of halogens is 1. The Hall–Kier alpha value is -4.17. The summed E-state index contributed by atoms with van der Waals surface area (Å²) in [7, 11) is 3.07. The highest BCUT2D eigenvalue weighted by Crippen LogP contribution is 2.37. The Kier molecular flexibility index (Phi) is 5.96. The van der Waals surface area contributed by atoms with Gasteiger partial charge in [-0.25, -0.2) is 9.36 Å². The van der Waals surface area contributed by atoms with E-state index in [1.165, 1.54) is 11.8 Å². The minimum Gasteiger partial charge on any atom is -0.493 e. The smallest absolute Gasteiger partial charge is 0.278 e. The Morgan fingerprint density at radius 1 is 1.03 bits per heavy atom. The summed E-state index contributed by atoms with van der Waals surface area (Å²) in [5.74, 6) is 1.63. The molecule has 1 aliphatic rings. The van der Waals surface area contributed by atoms with Crippen molar-refractivity contribution >= 4 is 23.2 Å². The molecule has 0 aliphatic carbocycles. The summed E-state index contributed by atoms with van der Waals surface area (Å²) in [6.45, 7) is -0.156. The van der Waals surface area contributed by atoms with Crippen LogP contribution in [0.3, 0.4) is 0 Å². The Labute approximate surface area is 206 Å². The van der Waals surface area contributed by atoms with Gasteiger partial charge in [-0.1, -0.05) is 29.8 Å². The highest BCUT2D eigenvalue weighted by molar-refractivity contribution is 6.30. The Balaban J connectivity index is 1.53. The number of methoxy groups -OCH3 is 2. The number of hydrogen-bond acceptors (Lipinski definition) is 5. The number of ether oxygens (including phenoxy) is 3. The molecule has 178 valence electrons. The summed E-state index contributed by atoms with van der Waals surface area (Å²) >= 11 is 6.15. The summed E-state index contributed by atoms with van der Waals surface area (Å²) < 4.78 is 19.7. The van der Waals surface area contributed by atoms with Crippen LogP contribution in [0.15, 0.2) is 71.5 Å². The summed E-state index contributed by atoms with van der Waals surface area (Å²) in [6.07, 6.45) is 0.348. The maximum absolute atomic E-state index is 13.5. The van der Waals surface area contributed by atoms with Crippen LogP contribution in [0, 0.1) is 0 Å². The van der Waals surface area contributed by atoms with E-state index < -0.39 is 0 Å². The molecule has 8 nitrogen and oxygen atoms in total. The Bertz CT molecular complexity index is 1480. The van der Waals surface area contributed by atoms with Gasteiger partial charge >= 0.3 is 0 Å². The van der Waals surface area contributed by atoms with Crippen LogP contribution in [0.25, 0.3) is 5.69 Å². The molecule has 0 fully saturated rings. The lowest BCUT2D eigenvalue weighted by Crippen LogP contribution is -2.27. The van der Waals surface area contributed by atoms with E-state index in [1.807, 2.05) is 18.2 Å². The SMILES string of the molecule is COc1ccc(NC(=O)Cn2c3c(c(=O)n2-c2ccccc2)Cc2cc(Cl)ccc2O3)cc1OC. The molecule has 0 radical (unpaired) electrons. The largest absolute Gasteiger partial charge is 0.493 e. The van der Waals surface area contributed by atoms with Gasteiger partial charge in [0.15, 0.2) is 11.5 Å². The van der Waals surface area contributed by atoms with Gasteiger partial charge in [0.2, 0.25) is 11.8 Å². The summed E-state index contributed by atoms with van der Waals surface area (Å²) in [5, 5.41) is 3.42. The lowest BCUT2D eigenvalue weighted by Gasteiger charge is -2.20. The van der Waals surface area contributed by atoms with Crippen LogP contribution in [0.5, 0.6) is 23.1 Å². The summed E-state index contributed by atoms with van der Waals surface area (Å²) in [5.41, 5.74) is 2.17. The number of rotatable bonds is 6. The van der Waals surface area contributed by atoms with Crippen LogP contribution < -0.4 is 25.1 Å².